The van der Waals surface area contributed by atoms with Gasteiger partial charge in [0.15, 0.2) is 0 Å². The molecule has 1 rings (SSSR count). The molecule has 4 heteroatoms. The molecule has 0 bridgehead atoms. The van der Waals surface area contributed by atoms with E-state index in [2.05, 4.69) is 0 Å². The molecule has 100 valence electrons. The van der Waals surface area contributed by atoms with E-state index in [1.54, 1.807) is 24.3 Å². The van der Waals surface area contributed by atoms with Gasteiger partial charge in [-0.2, -0.15) is 0 Å². The van der Waals surface area contributed by atoms with Crippen LogP contribution < -0.4 is 4.74 Å². The number of hydrogen-bond acceptors (Lipinski definition) is 4. The summed E-state index contributed by atoms with van der Waals surface area (Å²) in [7, 11) is 0. The van der Waals surface area contributed by atoms with Crippen LogP contribution in [-0.4, -0.2) is 22.3 Å². The second-order valence-electron chi connectivity index (χ2n) is 4.83. The molecule has 0 saturated carbocycles. The van der Waals surface area contributed by atoms with Crippen molar-refractivity contribution in [2.75, 3.05) is 0 Å². The molecule has 0 amide bonds. The predicted octanol–water partition coefficient (Wildman–Crippen LogP) is 2.05. The summed E-state index contributed by atoms with van der Waals surface area (Å²) < 4.78 is 5.14. The van der Waals surface area contributed by atoms with Crippen molar-refractivity contribution < 1.29 is 19.7 Å². The van der Waals surface area contributed by atoms with Gasteiger partial charge in [0.05, 0.1) is 6.10 Å². The molecule has 0 aliphatic carbocycles. The first kappa shape index (κ1) is 14.7. The van der Waals surface area contributed by atoms with Gasteiger partial charge in [0.2, 0.25) is 0 Å². The van der Waals surface area contributed by atoms with Gasteiger partial charge in [0.25, 0.3) is 0 Å². The number of hydrogen-bond donors (Lipinski definition) is 2. The van der Waals surface area contributed by atoms with Crippen molar-refractivity contribution in [2.45, 2.75) is 39.4 Å². The third-order valence-electron chi connectivity index (χ3n) is 2.49. The van der Waals surface area contributed by atoms with Crippen LogP contribution in [0.15, 0.2) is 24.3 Å². The van der Waals surface area contributed by atoms with Crippen LogP contribution in [0.1, 0.15) is 38.9 Å². The molecule has 4 nitrogen and oxygen atoms in total. The Morgan fingerprint density at radius 1 is 1.17 bits per heavy atom. The summed E-state index contributed by atoms with van der Waals surface area (Å²) in [5.74, 6) is 0.435. The number of ether oxygens (including phenoxy) is 1. The van der Waals surface area contributed by atoms with Gasteiger partial charge in [0.1, 0.15) is 11.9 Å². The SMILES string of the molecule is CC(C)CC(=O)Oc1ccc([C@@H](O)[C@H](C)O)cc1. The monoisotopic (exact) mass is 252 g/mol. The minimum atomic E-state index is -0.926. The van der Waals surface area contributed by atoms with Crippen LogP contribution in [0.5, 0.6) is 5.75 Å². The number of esters is 1. The Balaban J connectivity index is 2.63. The third kappa shape index (κ3) is 4.47. The predicted molar refractivity (Wildman–Crippen MR) is 68.2 cm³/mol. The maximum absolute atomic E-state index is 11.4. The number of rotatable bonds is 5. The van der Waals surface area contributed by atoms with Crippen molar-refractivity contribution in [1.82, 2.24) is 0 Å². The fraction of sp³-hybridized carbons (Fsp3) is 0.500. The lowest BCUT2D eigenvalue weighted by atomic mass is 10.1. The van der Waals surface area contributed by atoms with E-state index in [1.807, 2.05) is 13.8 Å². The van der Waals surface area contributed by atoms with Crippen molar-refractivity contribution in [1.29, 1.82) is 0 Å². The van der Waals surface area contributed by atoms with Crippen LogP contribution in [0.3, 0.4) is 0 Å². The smallest absolute Gasteiger partial charge is 0.311 e. The van der Waals surface area contributed by atoms with Crippen molar-refractivity contribution in [2.24, 2.45) is 5.92 Å². The lowest BCUT2D eigenvalue weighted by Gasteiger charge is -2.14. The fourth-order valence-corrected chi connectivity index (χ4v) is 1.52. The van der Waals surface area contributed by atoms with Crippen LogP contribution in [0.2, 0.25) is 0 Å². The molecule has 2 atom stereocenters. The van der Waals surface area contributed by atoms with E-state index in [9.17, 15) is 15.0 Å². The first-order chi connectivity index (χ1) is 8.40. The molecule has 0 unspecified atom stereocenters. The van der Waals surface area contributed by atoms with Gasteiger partial charge < -0.3 is 14.9 Å². The fourth-order valence-electron chi connectivity index (χ4n) is 1.52. The molecule has 0 fully saturated rings. The normalized spacial score (nSPS) is 14.3. The van der Waals surface area contributed by atoms with E-state index >= 15 is 0 Å². The van der Waals surface area contributed by atoms with Gasteiger partial charge in [-0.05, 0) is 30.5 Å². The first-order valence-electron chi connectivity index (χ1n) is 6.07. The summed E-state index contributed by atoms with van der Waals surface area (Å²) in [5.41, 5.74) is 0.591. The van der Waals surface area contributed by atoms with E-state index in [4.69, 9.17) is 4.74 Å². The lowest BCUT2D eigenvalue weighted by Crippen LogP contribution is -2.14. The molecule has 2 N–H and O–H groups in total. The minimum absolute atomic E-state index is 0.258. The topological polar surface area (TPSA) is 66.8 Å². The van der Waals surface area contributed by atoms with E-state index in [-0.39, 0.29) is 11.9 Å². The highest BCUT2D eigenvalue weighted by Crippen LogP contribution is 2.20. The van der Waals surface area contributed by atoms with Crippen molar-refractivity contribution >= 4 is 5.97 Å². The zero-order chi connectivity index (χ0) is 13.7. The lowest BCUT2D eigenvalue weighted by molar-refractivity contribution is -0.135. The van der Waals surface area contributed by atoms with Crippen LogP contribution in [-0.2, 0) is 4.79 Å². The zero-order valence-electron chi connectivity index (χ0n) is 11.0. The molecule has 18 heavy (non-hydrogen) atoms. The largest absolute Gasteiger partial charge is 0.427 e. The average Bonchev–Trinajstić information content (AvgIpc) is 2.27. The first-order valence-corrected chi connectivity index (χ1v) is 6.07. The number of benzene rings is 1. The number of carbonyl (C=O) groups is 1. The summed E-state index contributed by atoms with van der Waals surface area (Å²) in [6, 6.07) is 6.49. The van der Waals surface area contributed by atoms with E-state index in [0.717, 1.165) is 0 Å². The molecule has 0 aliphatic heterocycles. The van der Waals surface area contributed by atoms with E-state index < -0.39 is 12.2 Å². The Morgan fingerprint density at radius 3 is 2.17 bits per heavy atom. The highest BCUT2D eigenvalue weighted by atomic mass is 16.5. The molecule has 0 aromatic heterocycles. The van der Waals surface area contributed by atoms with Crippen molar-refractivity contribution in [3.8, 4) is 5.75 Å². The maximum Gasteiger partial charge on any atom is 0.311 e. The van der Waals surface area contributed by atoms with Gasteiger partial charge in [-0.3, -0.25) is 4.79 Å². The number of aliphatic hydroxyl groups excluding tert-OH is 2. The summed E-state index contributed by atoms with van der Waals surface area (Å²) in [4.78, 5) is 11.4. The van der Waals surface area contributed by atoms with Crippen LogP contribution >= 0.6 is 0 Å². The minimum Gasteiger partial charge on any atom is -0.427 e. The summed E-state index contributed by atoms with van der Waals surface area (Å²) in [6.07, 6.45) is -1.39. The molecule has 1 aromatic carbocycles. The Kier molecular flexibility index (Phi) is 5.31. The number of carbonyl (C=O) groups excluding carboxylic acids is 1. The molecular formula is C14H20O4. The second kappa shape index (κ2) is 6.52. The highest BCUT2D eigenvalue weighted by molar-refractivity contribution is 5.72. The Labute approximate surface area is 107 Å². The van der Waals surface area contributed by atoms with Crippen LogP contribution in [0.25, 0.3) is 0 Å². The zero-order valence-corrected chi connectivity index (χ0v) is 11.0. The van der Waals surface area contributed by atoms with Crippen LogP contribution in [0, 0.1) is 5.92 Å². The standard InChI is InChI=1S/C14H20O4/c1-9(2)8-13(16)18-12-6-4-11(5-7-12)14(17)10(3)15/h4-7,9-10,14-15,17H,8H2,1-3H3/t10-,14-/m0/s1. The van der Waals surface area contributed by atoms with Crippen molar-refractivity contribution in [3.05, 3.63) is 29.8 Å². The van der Waals surface area contributed by atoms with Gasteiger partial charge in [-0.15, -0.1) is 0 Å². The van der Waals surface area contributed by atoms with Gasteiger partial charge in [0, 0.05) is 6.42 Å². The summed E-state index contributed by atoms with van der Waals surface area (Å²) in [5, 5.41) is 18.9. The van der Waals surface area contributed by atoms with Gasteiger partial charge in [-0.1, -0.05) is 26.0 Å². The molecule has 0 saturated heterocycles. The van der Waals surface area contributed by atoms with Crippen molar-refractivity contribution in [3.63, 3.8) is 0 Å². The summed E-state index contributed by atoms with van der Waals surface area (Å²) in [6.45, 7) is 5.41. The molecule has 0 heterocycles. The van der Waals surface area contributed by atoms with Gasteiger partial charge >= 0.3 is 5.97 Å². The quantitative estimate of drug-likeness (QED) is 0.621. The van der Waals surface area contributed by atoms with E-state index in [1.165, 1.54) is 6.92 Å². The molecule has 0 radical (unpaired) electrons. The summed E-state index contributed by atoms with van der Waals surface area (Å²) >= 11 is 0. The molecular weight excluding hydrogens is 232 g/mol. The molecule has 1 aromatic rings. The Bertz CT molecular complexity index is 381. The molecule has 0 spiro atoms. The van der Waals surface area contributed by atoms with Gasteiger partial charge in [-0.25, -0.2) is 0 Å². The number of aliphatic hydroxyl groups is 2. The highest BCUT2D eigenvalue weighted by Gasteiger charge is 2.14. The Morgan fingerprint density at radius 2 is 1.72 bits per heavy atom. The Hall–Kier alpha value is -1.39. The maximum atomic E-state index is 11.4. The third-order valence-corrected chi connectivity index (χ3v) is 2.49. The van der Waals surface area contributed by atoms with Crippen LogP contribution in [0.4, 0.5) is 0 Å². The van der Waals surface area contributed by atoms with E-state index in [0.29, 0.717) is 17.7 Å². The molecule has 0 aliphatic rings. The second-order valence-corrected chi connectivity index (χ2v) is 4.83. The average molecular weight is 252 g/mol.